The molecule has 0 aliphatic carbocycles. The number of benzene rings is 1. The summed E-state index contributed by atoms with van der Waals surface area (Å²) in [5, 5.41) is 23.8. The van der Waals surface area contributed by atoms with Crippen LogP contribution in [-0.2, 0) is 4.74 Å². The third-order valence-electron chi connectivity index (χ3n) is 4.75. The Labute approximate surface area is 168 Å². The van der Waals surface area contributed by atoms with Crippen molar-refractivity contribution >= 4 is 30.6 Å². The Morgan fingerprint density at radius 1 is 1.48 bits per heavy atom. The van der Waals surface area contributed by atoms with E-state index in [0.717, 1.165) is 36.3 Å². The quantitative estimate of drug-likeness (QED) is 0.674. The molecule has 1 aromatic carbocycles. The predicted molar refractivity (Wildman–Crippen MR) is 109 cm³/mol. The zero-order valence-electron chi connectivity index (χ0n) is 16.0. The Morgan fingerprint density at radius 2 is 2.28 bits per heavy atom. The summed E-state index contributed by atoms with van der Waals surface area (Å²) in [5.41, 5.74) is 8.33. The van der Waals surface area contributed by atoms with Crippen molar-refractivity contribution in [2.75, 3.05) is 18.5 Å². The lowest BCUT2D eigenvalue weighted by molar-refractivity contribution is 0.0550. The van der Waals surface area contributed by atoms with Gasteiger partial charge < -0.3 is 25.5 Å². The summed E-state index contributed by atoms with van der Waals surface area (Å²) in [4.78, 5) is 11.9. The highest BCUT2D eigenvalue weighted by Gasteiger charge is 2.23. The van der Waals surface area contributed by atoms with Crippen LogP contribution in [0.4, 0.5) is 11.5 Å². The topological polar surface area (TPSA) is 135 Å². The van der Waals surface area contributed by atoms with E-state index in [1.807, 2.05) is 19.1 Å². The Balaban J connectivity index is 0.00000117. The van der Waals surface area contributed by atoms with Gasteiger partial charge in [0.1, 0.15) is 11.3 Å². The molecule has 1 amide bonds. The van der Waals surface area contributed by atoms with E-state index < -0.39 is 13.0 Å². The lowest BCUT2D eigenvalue weighted by Crippen LogP contribution is -2.22. The van der Waals surface area contributed by atoms with Crippen LogP contribution in [0, 0.1) is 18.8 Å². The number of hydrogen-bond acceptors (Lipinski definition) is 7. The van der Waals surface area contributed by atoms with E-state index in [9.17, 15) is 9.82 Å². The first kappa shape index (κ1) is 20.4. The van der Waals surface area contributed by atoms with Gasteiger partial charge in [0.15, 0.2) is 5.82 Å². The largest absolute Gasteiger partial charge is 0.552 e. The number of nitriles is 1. The number of rotatable bonds is 4. The molecule has 10 heteroatoms. The second kappa shape index (κ2) is 8.81. The number of carbonyl (C=O) groups is 1. The molecule has 4 rings (SSSR count). The molecular formula is C19H22BN5O4. The lowest BCUT2D eigenvalue weighted by Gasteiger charge is -2.22. The van der Waals surface area contributed by atoms with Gasteiger partial charge in [0, 0.05) is 30.6 Å². The minimum atomic E-state index is -0.940. The van der Waals surface area contributed by atoms with Gasteiger partial charge in [-0.3, -0.25) is 9.48 Å². The first-order valence-corrected chi connectivity index (χ1v) is 9.18. The third kappa shape index (κ3) is 4.42. The van der Waals surface area contributed by atoms with Crippen molar-refractivity contribution in [2.24, 2.45) is 5.73 Å². The fraction of sp³-hybridized carbons (Fsp3) is 0.316. The molecule has 150 valence electrons. The van der Waals surface area contributed by atoms with Crippen LogP contribution in [-0.4, -0.2) is 41.0 Å². The molecule has 1 atom stereocenters. The highest BCUT2D eigenvalue weighted by molar-refractivity contribution is 6.51. The number of amides is 1. The maximum absolute atomic E-state index is 11.9. The fourth-order valence-corrected chi connectivity index (χ4v) is 3.42. The van der Waals surface area contributed by atoms with E-state index in [0.29, 0.717) is 23.7 Å². The molecule has 0 radical (unpaired) electrons. The number of fused-ring (bicyclic) bond motifs is 1. The summed E-state index contributed by atoms with van der Waals surface area (Å²) >= 11 is 0. The number of hydrogen-bond donors (Lipinski definition) is 3. The summed E-state index contributed by atoms with van der Waals surface area (Å²) in [6, 6.07) is 3.84. The van der Waals surface area contributed by atoms with Gasteiger partial charge in [0.05, 0.1) is 12.6 Å². The van der Waals surface area contributed by atoms with Crippen molar-refractivity contribution in [2.45, 2.75) is 25.8 Å². The summed E-state index contributed by atoms with van der Waals surface area (Å²) < 4.78 is 12.7. The molecular weight excluding hydrogens is 373 g/mol. The number of nitrogens with two attached hydrogens (primary N) is 1. The molecule has 3 heterocycles. The van der Waals surface area contributed by atoms with Crippen LogP contribution in [0.15, 0.2) is 24.3 Å². The zero-order chi connectivity index (χ0) is 21.0. The number of nitrogens with zero attached hydrogens (tertiary/aromatic N) is 3. The molecule has 2 aliphatic heterocycles. The minimum Gasteiger partial charge on any atom is -0.532 e. The van der Waals surface area contributed by atoms with Crippen LogP contribution in [0.3, 0.4) is 0 Å². The monoisotopic (exact) mass is 395 g/mol. The van der Waals surface area contributed by atoms with E-state index in [4.69, 9.17) is 20.4 Å². The molecule has 1 unspecified atom stereocenters. The minimum absolute atomic E-state index is 0.0930. The van der Waals surface area contributed by atoms with E-state index >= 15 is 0 Å². The Bertz CT molecular complexity index is 950. The summed E-state index contributed by atoms with van der Waals surface area (Å²) in [6.07, 6.45) is 5.38. The molecule has 9 nitrogen and oxygen atoms in total. The molecule has 2 aliphatic rings. The molecule has 4 N–H and O–H groups in total. The van der Waals surface area contributed by atoms with Crippen molar-refractivity contribution in [3.05, 3.63) is 41.0 Å². The van der Waals surface area contributed by atoms with Crippen molar-refractivity contribution in [1.82, 2.24) is 9.78 Å². The Morgan fingerprint density at radius 3 is 2.97 bits per heavy atom. The van der Waals surface area contributed by atoms with Crippen LogP contribution in [0.5, 0.6) is 5.75 Å². The lowest BCUT2D eigenvalue weighted by atomic mass is 9.86. The average molecular weight is 395 g/mol. The second-order valence-corrected chi connectivity index (χ2v) is 6.81. The summed E-state index contributed by atoms with van der Waals surface area (Å²) in [7, 11) is -0.940. The Kier molecular flexibility index (Phi) is 6.21. The maximum Gasteiger partial charge on any atom is 0.552 e. The number of anilines is 2. The predicted octanol–water partition coefficient (Wildman–Crippen LogP) is 1.95. The van der Waals surface area contributed by atoms with Crippen LogP contribution < -0.4 is 15.7 Å². The van der Waals surface area contributed by atoms with Gasteiger partial charge in [-0.1, -0.05) is 6.08 Å². The van der Waals surface area contributed by atoms with Gasteiger partial charge in [0.25, 0.3) is 5.91 Å². The molecule has 1 fully saturated rings. The highest BCUT2D eigenvalue weighted by atomic mass is 16.5. The second-order valence-electron chi connectivity index (χ2n) is 6.81. The number of ether oxygens (including phenoxy) is 1. The van der Waals surface area contributed by atoms with Crippen LogP contribution in [0.1, 0.15) is 40.4 Å². The smallest absolute Gasteiger partial charge is 0.532 e. The molecule has 1 aromatic heterocycles. The summed E-state index contributed by atoms with van der Waals surface area (Å²) in [6.45, 7) is 6.72. The van der Waals surface area contributed by atoms with Crippen molar-refractivity contribution in [3.63, 3.8) is 0 Å². The molecule has 1 saturated heterocycles. The van der Waals surface area contributed by atoms with Gasteiger partial charge in [0.2, 0.25) is 0 Å². The Hall–Kier alpha value is -3.29. The van der Waals surface area contributed by atoms with Crippen molar-refractivity contribution in [1.29, 1.82) is 5.26 Å². The number of aromatic nitrogens is 2. The molecule has 29 heavy (non-hydrogen) atoms. The van der Waals surface area contributed by atoms with Gasteiger partial charge in [-0.2, -0.15) is 5.10 Å². The van der Waals surface area contributed by atoms with Crippen LogP contribution in [0.25, 0.3) is 6.08 Å². The fourth-order valence-electron chi connectivity index (χ4n) is 3.42. The van der Waals surface area contributed by atoms with Gasteiger partial charge in [-0.05, 0) is 43.4 Å². The number of primary amides is 1. The molecule has 0 spiro atoms. The number of nitrogens with one attached hydrogen (secondary N) is 1. The van der Waals surface area contributed by atoms with Gasteiger partial charge in [-0.15, -0.1) is 0 Å². The first-order valence-electron chi connectivity index (χ1n) is 9.18. The van der Waals surface area contributed by atoms with Gasteiger partial charge >= 0.3 is 7.12 Å². The number of carbonyl (C=O) groups excluding carboxylic acids is 1. The van der Waals surface area contributed by atoms with Crippen LogP contribution in [0.2, 0.25) is 0 Å². The SMILES string of the molecule is C#N.Cc1cc(Nc2nn(C3CCCOC3)cc2C(N)=O)cc2c1OB(O)C=C2. The van der Waals surface area contributed by atoms with Crippen LogP contribution >= 0.6 is 0 Å². The van der Waals surface area contributed by atoms with E-state index in [1.54, 1.807) is 22.9 Å². The normalized spacial score (nSPS) is 17.5. The zero-order valence-corrected chi connectivity index (χ0v) is 16.0. The number of aryl methyl sites for hydroxylation is 1. The first-order chi connectivity index (χ1) is 14.0. The van der Waals surface area contributed by atoms with Crippen molar-refractivity contribution < 1.29 is 19.2 Å². The third-order valence-corrected chi connectivity index (χ3v) is 4.75. The van der Waals surface area contributed by atoms with E-state index in [2.05, 4.69) is 17.0 Å². The molecule has 2 aromatic rings. The van der Waals surface area contributed by atoms with Crippen molar-refractivity contribution in [3.8, 4) is 12.3 Å². The standard InChI is InChI=1S/C18H21BN4O4.CHN/c1-11-7-13(8-12-4-5-19(25)27-16(11)12)21-18-15(17(20)24)9-23(22-18)14-3-2-6-26-10-14;1-2/h4-5,7-9,14,25H,2-3,6,10H2,1H3,(H2,20,24)(H,21,22);1H. The molecule has 0 saturated carbocycles. The average Bonchev–Trinajstić information content (AvgIpc) is 3.15. The van der Waals surface area contributed by atoms with E-state index in [1.165, 1.54) is 0 Å². The molecule has 0 bridgehead atoms. The highest BCUT2D eigenvalue weighted by Crippen LogP contribution is 2.33. The summed E-state index contributed by atoms with van der Waals surface area (Å²) in [5.74, 6) is 2.07. The maximum atomic E-state index is 11.9. The van der Waals surface area contributed by atoms with E-state index in [-0.39, 0.29) is 6.04 Å². The van der Waals surface area contributed by atoms with Gasteiger partial charge in [-0.25, -0.2) is 5.26 Å².